The van der Waals surface area contributed by atoms with Crippen molar-refractivity contribution in [3.63, 3.8) is 0 Å². The van der Waals surface area contributed by atoms with Crippen LogP contribution in [0.4, 0.5) is 0 Å². The molecule has 0 fully saturated rings. The van der Waals surface area contributed by atoms with E-state index in [9.17, 15) is 5.26 Å². The van der Waals surface area contributed by atoms with Crippen molar-refractivity contribution < 1.29 is 0 Å². The number of para-hydroxylation sites is 4. The van der Waals surface area contributed by atoms with Gasteiger partial charge in [-0.1, -0.05) is 103 Å². The molecule has 0 aliphatic heterocycles. The van der Waals surface area contributed by atoms with E-state index in [0.29, 0.717) is 5.56 Å². The van der Waals surface area contributed by atoms with E-state index in [1.165, 1.54) is 43.6 Å². The molecule has 0 unspecified atom stereocenters. The van der Waals surface area contributed by atoms with Crippen molar-refractivity contribution >= 4 is 43.6 Å². The summed E-state index contributed by atoms with van der Waals surface area (Å²) in [4.78, 5) is 0. The minimum atomic E-state index is 0.643. The van der Waals surface area contributed by atoms with Crippen LogP contribution in [-0.4, -0.2) is 9.13 Å². The molecule has 0 saturated carbocycles. The molecule has 0 bridgehead atoms. The Bertz CT molecular complexity index is 2560. The van der Waals surface area contributed by atoms with Gasteiger partial charge in [0.05, 0.1) is 33.7 Å². The minimum absolute atomic E-state index is 0.643. The second-order valence-corrected chi connectivity index (χ2v) is 11.7. The molecule has 0 spiro atoms. The predicted octanol–water partition coefficient (Wildman–Crippen LogP) is 11.1. The third-order valence-corrected chi connectivity index (χ3v) is 9.14. The van der Waals surface area contributed by atoms with Crippen LogP contribution in [0.25, 0.3) is 77.2 Å². The monoisotopic (exact) mass is 585 g/mol. The van der Waals surface area contributed by atoms with Crippen LogP contribution in [0.3, 0.4) is 0 Å². The molecule has 7 aromatic carbocycles. The van der Waals surface area contributed by atoms with Crippen LogP contribution < -0.4 is 0 Å². The normalized spacial score (nSPS) is 11.5. The molecule has 0 amide bonds. The van der Waals surface area contributed by atoms with E-state index in [2.05, 4.69) is 161 Å². The maximum atomic E-state index is 9.80. The lowest BCUT2D eigenvalue weighted by atomic mass is 9.93. The molecule has 9 aromatic rings. The summed E-state index contributed by atoms with van der Waals surface area (Å²) in [6.45, 7) is 0. The smallest absolute Gasteiger partial charge is 0.0991 e. The number of benzene rings is 7. The van der Waals surface area contributed by atoms with Crippen LogP contribution in [-0.2, 0) is 0 Å². The van der Waals surface area contributed by atoms with Crippen molar-refractivity contribution in [1.29, 1.82) is 5.26 Å². The molecule has 2 aromatic heterocycles. The third-order valence-electron chi connectivity index (χ3n) is 9.14. The average Bonchev–Trinajstić information content (AvgIpc) is 3.65. The van der Waals surface area contributed by atoms with Crippen LogP contribution >= 0.6 is 0 Å². The third kappa shape index (κ3) is 3.98. The highest BCUT2D eigenvalue weighted by molar-refractivity contribution is 6.10. The number of hydrogen-bond acceptors (Lipinski definition) is 1. The first kappa shape index (κ1) is 26.1. The Morgan fingerprint density at radius 1 is 0.370 bits per heavy atom. The van der Waals surface area contributed by atoms with Gasteiger partial charge in [-0.05, 0) is 82.9 Å². The molecule has 0 N–H and O–H groups in total. The zero-order valence-corrected chi connectivity index (χ0v) is 24.9. The summed E-state index contributed by atoms with van der Waals surface area (Å²) in [5, 5.41) is 14.7. The van der Waals surface area contributed by atoms with Crippen molar-refractivity contribution in [1.82, 2.24) is 9.13 Å². The summed E-state index contributed by atoms with van der Waals surface area (Å²) in [6, 6.07) is 60.2. The highest BCUT2D eigenvalue weighted by Crippen LogP contribution is 2.39. The Labute approximate surface area is 266 Å². The van der Waals surface area contributed by atoms with Crippen molar-refractivity contribution in [3.05, 3.63) is 169 Å². The first-order valence-electron chi connectivity index (χ1n) is 15.5. The minimum Gasteiger partial charge on any atom is -0.309 e. The van der Waals surface area contributed by atoms with E-state index in [1.54, 1.807) is 0 Å². The quantitative estimate of drug-likeness (QED) is 0.202. The molecular weight excluding hydrogens is 558 g/mol. The topological polar surface area (TPSA) is 33.6 Å². The Kier molecular flexibility index (Phi) is 5.88. The van der Waals surface area contributed by atoms with Gasteiger partial charge in [-0.25, -0.2) is 0 Å². The average molecular weight is 586 g/mol. The fourth-order valence-corrected chi connectivity index (χ4v) is 7.13. The van der Waals surface area contributed by atoms with E-state index in [4.69, 9.17) is 0 Å². The van der Waals surface area contributed by atoms with E-state index >= 15 is 0 Å². The lowest BCUT2D eigenvalue weighted by molar-refractivity contribution is 1.18. The fourth-order valence-electron chi connectivity index (χ4n) is 7.13. The summed E-state index contributed by atoms with van der Waals surface area (Å²) < 4.78 is 4.71. The number of nitrogens with zero attached hydrogens (tertiary/aromatic N) is 3. The van der Waals surface area contributed by atoms with Crippen molar-refractivity contribution in [3.8, 4) is 39.7 Å². The summed E-state index contributed by atoms with van der Waals surface area (Å²) in [6.07, 6.45) is 0. The maximum absolute atomic E-state index is 9.80. The first-order valence-corrected chi connectivity index (χ1v) is 15.5. The zero-order valence-electron chi connectivity index (χ0n) is 24.9. The van der Waals surface area contributed by atoms with Crippen LogP contribution in [0.1, 0.15) is 5.56 Å². The first-order chi connectivity index (χ1) is 22.8. The van der Waals surface area contributed by atoms with E-state index in [1.807, 2.05) is 18.2 Å². The van der Waals surface area contributed by atoms with Crippen LogP contribution in [0.2, 0.25) is 0 Å². The van der Waals surface area contributed by atoms with Gasteiger partial charge in [-0.15, -0.1) is 0 Å². The van der Waals surface area contributed by atoms with Crippen molar-refractivity contribution in [2.24, 2.45) is 0 Å². The van der Waals surface area contributed by atoms with E-state index in [-0.39, 0.29) is 0 Å². The van der Waals surface area contributed by atoms with Gasteiger partial charge in [0.1, 0.15) is 0 Å². The summed E-state index contributed by atoms with van der Waals surface area (Å²) in [7, 11) is 0. The van der Waals surface area contributed by atoms with Crippen molar-refractivity contribution in [2.45, 2.75) is 0 Å². The van der Waals surface area contributed by atoms with Gasteiger partial charge in [0.25, 0.3) is 0 Å². The molecule has 9 rings (SSSR count). The number of aromatic nitrogens is 2. The Balaban J connectivity index is 1.29. The van der Waals surface area contributed by atoms with E-state index in [0.717, 1.165) is 33.6 Å². The van der Waals surface area contributed by atoms with Gasteiger partial charge in [0.15, 0.2) is 0 Å². The molecule has 46 heavy (non-hydrogen) atoms. The van der Waals surface area contributed by atoms with Gasteiger partial charge in [-0.3, -0.25) is 0 Å². The number of fused-ring (bicyclic) bond motifs is 6. The maximum Gasteiger partial charge on any atom is 0.0991 e. The van der Waals surface area contributed by atoms with Crippen LogP contribution in [0, 0.1) is 11.3 Å². The molecule has 0 radical (unpaired) electrons. The van der Waals surface area contributed by atoms with Gasteiger partial charge in [0, 0.05) is 32.9 Å². The molecule has 2 heterocycles. The largest absolute Gasteiger partial charge is 0.309 e. The van der Waals surface area contributed by atoms with E-state index < -0.39 is 0 Å². The van der Waals surface area contributed by atoms with Gasteiger partial charge >= 0.3 is 0 Å². The standard InChI is InChI=1S/C43H27N3/c44-28-29-11-9-12-30(25-29)39-27-33(46-42-21-7-3-17-37(42)38-18-4-8-22-43(38)46)23-24-34(39)31-13-10-14-32(26-31)45-40-19-5-1-15-35(40)36-16-2-6-20-41(36)45/h1-27H. The van der Waals surface area contributed by atoms with Crippen LogP contribution in [0.15, 0.2) is 164 Å². The Hall–Kier alpha value is -6.37. The zero-order chi connectivity index (χ0) is 30.6. The number of hydrogen-bond donors (Lipinski definition) is 0. The lowest BCUT2D eigenvalue weighted by Gasteiger charge is -2.16. The van der Waals surface area contributed by atoms with Crippen LogP contribution in [0.5, 0.6) is 0 Å². The summed E-state index contributed by atoms with van der Waals surface area (Å²) in [5.41, 5.74) is 11.9. The van der Waals surface area contributed by atoms with Gasteiger partial charge in [0.2, 0.25) is 0 Å². The lowest BCUT2D eigenvalue weighted by Crippen LogP contribution is -1.97. The Morgan fingerprint density at radius 3 is 1.35 bits per heavy atom. The molecule has 0 atom stereocenters. The number of rotatable bonds is 4. The SMILES string of the molecule is N#Cc1cccc(-c2cc(-n3c4ccccc4c4ccccc43)ccc2-c2cccc(-n3c4ccccc4c4ccccc43)c2)c1. The fraction of sp³-hybridized carbons (Fsp3) is 0. The molecule has 3 heteroatoms. The highest BCUT2D eigenvalue weighted by atomic mass is 15.0. The Morgan fingerprint density at radius 2 is 0.826 bits per heavy atom. The molecular formula is C43H27N3. The molecule has 0 aliphatic carbocycles. The predicted molar refractivity (Wildman–Crippen MR) is 191 cm³/mol. The second-order valence-electron chi connectivity index (χ2n) is 11.7. The molecule has 0 aliphatic rings. The molecule has 3 nitrogen and oxygen atoms in total. The highest BCUT2D eigenvalue weighted by Gasteiger charge is 2.17. The number of nitriles is 1. The van der Waals surface area contributed by atoms with Crippen molar-refractivity contribution in [2.75, 3.05) is 0 Å². The molecule has 0 saturated heterocycles. The molecule has 214 valence electrons. The summed E-state index contributed by atoms with van der Waals surface area (Å²) >= 11 is 0. The van der Waals surface area contributed by atoms with Gasteiger partial charge in [-0.2, -0.15) is 5.26 Å². The second kappa shape index (κ2) is 10.4. The van der Waals surface area contributed by atoms with Gasteiger partial charge < -0.3 is 9.13 Å². The summed E-state index contributed by atoms with van der Waals surface area (Å²) in [5.74, 6) is 0.